The van der Waals surface area contributed by atoms with Crippen LogP contribution in [0.25, 0.3) is 21.7 Å². The van der Waals surface area contributed by atoms with Gasteiger partial charge < -0.3 is 19.6 Å². The van der Waals surface area contributed by atoms with Crippen LogP contribution in [0.4, 0.5) is 0 Å². The van der Waals surface area contributed by atoms with E-state index in [1.54, 1.807) is 0 Å². The Morgan fingerprint density at radius 1 is 0.907 bits per heavy atom. The number of aliphatic hydroxyl groups excluding tert-OH is 1. The van der Waals surface area contributed by atoms with Crippen molar-refractivity contribution in [2.75, 3.05) is 0 Å². The van der Waals surface area contributed by atoms with E-state index in [0.29, 0.717) is 22.8 Å². The van der Waals surface area contributed by atoms with E-state index in [1.807, 2.05) is 86.5 Å². The molecule has 2 atom stereocenters. The van der Waals surface area contributed by atoms with E-state index in [2.05, 4.69) is 59.5 Å². The molecule has 2 unspecified atom stereocenters. The summed E-state index contributed by atoms with van der Waals surface area (Å²) in [5, 5.41) is 25.9. The van der Waals surface area contributed by atoms with Gasteiger partial charge in [0.2, 0.25) is 5.70 Å². The van der Waals surface area contributed by atoms with Crippen molar-refractivity contribution in [1.82, 2.24) is 10.1 Å². The molecule has 7 nitrogen and oxygen atoms in total. The number of fused-ring (bicyclic) bond motifs is 1. The van der Waals surface area contributed by atoms with Gasteiger partial charge in [0.25, 0.3) is 8.32 Å². The van der Waals surface area contributed by atoms with Gasteiger partial charge in [0.15, 0.2) is 12.0 Å². The van der Waals surface area contributed by atoms with Crippen LogP contribution in [0.3, 0.4) is 0 Å². The third kappa shape index (κ3) is 6.10. The number of hydrogen-bond donors (Lipinski definition) is 2. The summed E-state index contributed by atoms with van der Waals surface area (Å²) in [6, 6.07) is 18.8. The van der Waals surface area contributed by atoms with Crippen LogP contribution in [0.1, 0.15) is 91.3 Å². The molecule has 4 rings (SSSR count). The van der Waals surface area contributed by atoms with Crippen LogP contribution in [0, 0.1) is 6.57 Å². The monoisotopic (exact) mass is 601 g/mol. The van der Waals surface area contributed by atoms with E-state index in [0.717, 1.165) is 27.3 Å². The Hall–Kier alpha value is -3.19. The first-order chi connectivity index (χ1) is 19.8. The van der Waals surface area contributed by atoms with Crippen LogP contribution in [0.15, 0.2) is 66.4 Å². The molecular formula is C35H47N3O4Si. The third-order valence-corrected chi connectivity index (χ3v) is 12.8. The fraction of sp³-hybridized carbons (Fsp3) is 0.457. The molecular weight excluding hydrogens is 554 g/mol. The predicted molar refractivity (Wildman–Crippen MR) is 175 cm³/mol. The zero-order chi connectivity index (χ0) is 32.1. The fourth-order valence-electron chi connectivity index (χ4n) is 5.06. The van der Waals surface area contributed by atoms with Gasteiger partial charge in [-0.3, -0.25) is 0 Å². The van der Waals surface area contributed by atoms with Crippen molar-refractivity contribution in [3.63, 3.8) is 0 Å². The van der Waals surface area contributed by atoms with Gasteiger partial charge in [-0.1, -0.05) is 81.4 Å². The molecule has 0 fully saturated rings. The highest BCUT2D eigenvalue weighted by atomic mass is 28.4. The highest BCUT2D eigenvalue weighted by molar-refractivity contribution is 6.74. The first-order valence-electron chi connectivity index (χ1n) is 14.9. The van der Waals surface area contributed by atoms with Crippen molar-refractivity contribution >= 4 is 14.1 Å². The Morgan fingerprint density at radius 3 is 1.93 bits per heavy atom. The van der Waals surface area contributed by atoms with Crippen molar-refractivity contribution in [1.29, 1.82) is 0 Å². The minimum absolute atomic E-state index is 0.160. The molecule has 0 saturated heterocycles. The summed E-state index contributed by atoms with van der Waals surface area (Å²) in [5.41, 5.74) is 2.78. The van der Waals surface area contributed by atoms with Gasteiger partial charge in [-0.05, 0) is 70.8 Å². The summed E-state index contributed by atoms with van der Waals surface area (Å²) in [7, 11) is -2.51. The second-order valence-electron chi connectivity index (χ2n) is 14.8. The number of rotatable bonds is 6. The van der Waals surface area contributed by atoms with Crippen LogP contribution in [0.5, 0.6) is 5.75 Å². The maximum absolute atomic E-state index is 11.9. The second-order valence-corrected chi connectivity index (χ2v) is 19.6. The number of aliphatic hydroxyl groups is 1. The molecule has 8 heteroatoms. The summed E-state index contributed by atoms with van der Waals surface area (Å²) in [6.07, 6.45) is -1.39. The lowest BCUT2D eigenvalue weighted by atomic mass is 9.95. The molecule has 2 aliphatic carbocycles. The van der Waals surface area contributed by atoms with Gasteiger partial charge >= 0.3 is 0 Å². The van der Waals surface area contributed by atoms with Crippen molar-refractivity contribution in [2.45, 2.75) is 104 Å². The minimum Gasteiger partial charge on any atom is -0.543 e. The molecule has 2 N–H and O–H groups in total. The second kappa shape index (κ2) is 11.4. The van der Waals surface area contributed by atoms with Crippen LogP contribution in [-0.2, 0) is 4.84 Å². The van der Waals surface area contributed by atoms with Crippen molar-refractivity contribution in [3.8, 4) is 16.9 Å². The lowest BCUT2D eigenvalue weighted by molar-refractivity contribution is -0.247. The Labute approximate surface area is 258 Å². The highest BCUT2D eigenvalue weighted by Crippen LogP contribution is 2.57. The number of nitrogens with zero attached hydrogens (tertiary/aromatic N) is 3. The molecule has 3 aliphatic rings. The van der Waals surface area contributed by atoms with Crippen molar-refractivity contribution in [3.05, 3.63) is 94.5 Å². The SMILES string of the molecule is [C-]#[N+]C1=C(c2ccccc2)ON(C(C)(C)C)C1c1c2cccccc-2c(C(O)N(O)C(C)(C)C)c1O[Si](C)(C)C(C)(C)C. The first-order valence-corrected chi connectivity index (χ1v) is 17.8. The van der Waals surface area contributed by atoms with Crippen molar-refractivity contribution < 1.29 is 19.6 Å². The molecule has 230 valence electrons. The molecule has 0 radical (unpaired) electrons. The molecule has 0 spiro atoms. The lowest BCUT2D eigenvalue weighted by Gasteiger charge is -2.40. The van der Waals surface area contributed by atoms with Gasteiger partial charge in [0.1, 0.15) is 11.8 Å². The van der Waals surface area contributed by atoms with Crippen LogP contribution in [0.2, 0.25) is 18.1 Å². The van der Waals surface area contributed by atoms with Crippen LogP contribution < -0.4 is 4.43 Å². The summed E-state index contributed by atoms with van der Waals surface area (Å²) in [5.74, 6) is 1.01. The molecule has 43 heavy (non-hydrogen) atoms. The standard InChI is InChI=1S/C35H47N3O4Si/c1-33(2,3)37(40)32(39)27-25-22-18-14-17-21-24(25)26(31(27)42-43(11,12)35(7,8)9)29-28(36-10)30(23-19-15-13-16-20-23)41-38(29)34(4,5)6/h13-22,29,32,39-40H,1-9,11-12H3. The zero-order valence-electron chi connectivity index (χ0n) is 27.5. The molecule has 0 aromatic heterocycles. The highest BCUT2D eigenvalue weighted by Gasteiger charge is 2.50. The molecule has 0 amide bonds. The zero-order valence-corrected chi connectivity index (χ0v) is 28.5. The lowest BCUT2D eigenvalue weighted by Crippen LogP contribution is -2.45. The maximum Gasteiger partial charge on any atom is 0.250 e. The fourth-order valence-corrected chi connectivity index (χ4v) is 6.09. The molecule has 0 saturated carbocycles. The molecule has 1 aliphatic heterocycles. The van der Waals surface area contributed by atoms with Gasteiger partial charge in [-0.25, -0.2) is 4.85 Å². The van der Waals surface area contributed by atoms with Crippen LogP contribution >= 0.6 is 0 Å². The summed E-state index contributed by atoms with van der Waals surface area (Å²) in [4.78, 5) is 10.7. The van der Waals surface area contributed by atoms with Gasteiger partial charge in [-0.15, -0.1) is 5.06 Å². The van der Waals surface area contributed by atoms with Crippen molar-refractivity contribution in [2.24, 2.45) is 0 Å². The average molecular weight is 602 g/mol. The van der Waals surface area contributed by atoms with Gasteiger partial charge in [0, 0.05) is 27.8 Å². The van der Waals surface area contributed by atoms with E-state index < -0.39 is 31.7 Å². The molecule has 1 aromatic rings. The Balaban J connectivity index is 2.16. The first kappa shape index (κ1) is 32.7. The van der Waals surface area contributed by atoms with E-state index >= 15 is 0 Å². The van der Waals surface area contributed by atoms with E-state index in [1.165, 1.54) is 0 Å². The van der Waals surface area contributed by atoms with E-state index in [9.17, 15) is 10.3 Å². The molecule has 1 aromatic carbocycles. The minimum atomic E-state index is -2.51. The smallest absolute Gasteiger partial charge is 0.250 e. The summed E-state index contributed by atoms with van der Waals surface area (Å²) >= 11 is 0. The topological polar surface area (TPSA) is 69.8 Å². The van der Waals surface area contributed by atoms with E-state index in [-0.39, 0.29) is 5.04 Å². The van der Waals surface area contributed by atoms with Gasteiger partial charge in [0.05, 0.1) is 6.57 Å². The number of hydrogen-bond acceptors (Lipinski definition) is 6. The van der Waals surface area contributed by atoms with E-state index in [4.69, 9.17) is 15.8 Å². The summed E-state index contributed by atoms with van der Waals surface area (Å²) in [6.45, 7) is 31.0. The number of benzene rings is 1. The maximum atomic E-state index is 11.9. The Bertz CT molecular complexity index is 1510. The molecule has 0 bridgehead atoms. The predicted octanol–water partition coefficient (Wildman–Crippen LogP) is 9.03. The largest absolute Gasteiger partial charge is 0.543 e. The molecule has 1 heterocycles. The Morgan fingerprint density at radius 2 is 1.44 bits per heavy atom. The average Bonchev–Trinajstić information content (AvgIpc) is 3.31. The Kier molecular flexibility index (Phi) is 8.66. The summed E-state index contributed by atoms with van der Waals surface area (Å²) < 4.78 is 7.17. The normalized spacial score (nSPS) is 17.7. The number of hydroxylamine groups is 4. The van der Waals surface area contributed by atoms with Crippen LogP contribution in [-0.4, -0.2) is 39.8 Å². The quantitative estimate of drug-likeness (QED) is 0.127. The van der Waals surface area contributed by atoms with Gasteiger partial charge in [-0.2, -0.15) is 5.06 Å². The third-order valence-electron chi connectivity index (χ3n) is 8.46.